The molecule has 0 amide bonds. The molecule has 2 aromatic rings. The zero-order valence-corrected chi connectivity index (χ0v) is 13.9. The first kappa shape index (κ1) is 16.6. The van der Waals surface area contributed by atoms with Crippen molar-refractivity contribution in [2.45, 2.75) is 44.7 Å². The monoisotopic (exact) mass is 325 g/mol. The van der Waals surface area contributed by atoms with Gasteiger partial charge in [-0.3, -0.25) is 19.7 Å². The maximum absolute atomic E-state index is 11.8. The van der Waals surface area contributed by atoms with Gasteiger partial charge in [-0.1, -0.05) is 25.5 Å². The van der Waals surface area contributed by atoms with E-state index in [0.29, 0.717) is 6.42 Å². The predicted molar refractivity (Wildman–Crippen MR) is 91.7 cm³/mol. The Balaban J connectivity index is 2.02. The summed E-state index contributed by atoms with van der Waals surface area (Å²) in [4.78, 5) is 22.7. The van der Waals surface area contributed by atoms with E-state index in [4.69, 9.17) is 0 Å². The maximum Gasteiger partial charge on any atom is 0.320 e. The largest absolute Gasteiger partial charge is 0.480 e. The third-order valence-corrected chi connectivity index (χ3v) is 4.70. The number of pyridine rings is 2. The summed E-state index contributed by atoms with van der Waals surface area (Å²) in [5, 5.41) is 9.66. The van der Waals surface area contributed by atoms with E-state index in [0.717, 1.165) is 37.1 Å². The molecule has 0 aliphatic carbocycles. The van der Waals surface area contributed by atoms with Crippen LogP contribution in [0.15, 0.2) is 42.9 Å². The topological polar surface area (TPSA) is 66.3 Å². The van der Waals surface area contributed by atoms with Crippen molar-refractivity contribution in [3.05, 3.63) is 59.7 Å². The number of aryl methyl sites for hydroxylation is 1. The minimum Gasteiger partial charge on any atom is -0.480 e. The van der Waals surface area contributed by atoms with Crippen LogP contribution in [-0.2, 0) is 11.2 Å². The van der Waals surface area contributed by atoms with Crippen molar-refractivity contribution in [3.63, 3.8) is 0 Å². The number of hydrogen-bond donors (Lipinski definition) is 1. The van der Waals surface area contributed by atoms with E-state index >= 15 is 0 Å². The average Bonchev–Trinajstić information content (AvgIpc) is 2.64. The molecule has 1 saturated heterocycles. The number of piperidine rings is 1. The molecule has 2 unspecified atom stereocenters. The molecule has 1 aliphatic rings. The predicted octanol–water partition coefficient (Wildman–Crippen LogP) is 3.07. The van der Waals surface area contributed by atoms with Gasteiger partial charge in [-0.05, 0) is 49.1 Å². The van der Waals surface area contributed by atoms with Crippen molar-refractivity contribution in [2.24, 2.45) is 0 Å². The van der Waals surface area contributed by atoms with Gasteiger partial charge in [-0.15, -0.1) is 0 Å². The fraction of sp³-hybridized carbons (Fsp3) is 0.421. The van der Waals surface area contributed by atoms with Gasteiger partial charge in [0.05, 0.1) is 11.7 Å². The Morgan fingerprint density at radius 1 is 1.33 bits per heavy atom. The van der Waals surface area contributed by atoms with E-state index in [1.807, 2.05) is 30.6 Å². The molecule has 1 aliphatic heterocycles. The summed E-state index contributed by atoms with van der Waals surface area (Å²) in [7, 11) is 0. The molecule has 1 fully saturated rings. The van der Waals surface area contributed by atoms with Crippen LogP contribution in [-0.4, -0.2) is 38.5 Å². The molecule has 126 valence electrons. The number of rotatable bonds is 5. The molecule has 0 spiro atoms. The molecule has 0 bridgehead atoms. The highest BCUT2D eigenvalue weighted by Crippen LogP contribution is 2.33. The van der Waals surface area contributed by atoms with Gasteiger partial charge in [-0.2, -0.15) is 0 Å². The highest BCUT2D eigenvalue weighted by Gasteiger charge is 2.35. The number of carboxylic acid groups (broad SMARTS) is 1. The molecular formula is C19H23N3O2. The lowest BCUT2D eigenvalue weighted by Crippen LogP contribution is -2.47. The summed E-state index contributed by atoms with van der Waals surface area (Å²) in [5.41, 5.74) is 3.05. The van der Waals surface area contributed by atoms with Crippen LogP contribution in [0.25, 0.3) is 0 Å². The normalized spacial score (nSPS) is 19.8. The zero-order valence-electron chi connectivity index (χ0n) is 13.9. The van der Waals surface area contributed by atoms with Crippen LogP contribution in [0.1, 0.15) is 49.0 Å². The lowest BCUT2D eigenvalue weighted by molar-refractivity contribution is -0.145. The molecule has 5 nitrogen and oxygen atoms in total. The number of likely N-dealkylation sites (tertiary alicyclic amines) is 1. The Bertz CT molecular complexity index is 673. The van der Waals surface area contributed by atoms with Crippen LogP contribution in [0.2, 0.25) is 0 Å². The quantitative estimate of drug-likeness (QED) is 0.915. The molecule has 0 aromatic carbocycles. The van der Waals surface area contributed by atoms with E-state index < -0.39 is 12.0 Å². The molecular weight excluding hydrogens is 302 g/mol. The van der Waals surface area contributed by atoms with Crippen molar-refractivity contribution in [1.29, 1.82) is 0 Å². The van der Waals surface area contributed by atoms with Crippen LogP contribution in [0.5, 0.6) is 0 Å². The molecule has 0 radical (unpaired) electrons. The number of aliphatic carboxylic acids is 1. The van der Waals surface area contributed by atoms with E-state index in [-0.39, 0.29) is 6.04 Å². The summed E-state index contributed by atoms with van der Waals surface area (Å²) in [6, 6.07) is 7.33. The number of carboxylic acids is 1. The summed E-state index contributed by atoms with van der Waals surface area (Å²) in [6.07, 6.45) is 9.01. The number of hydrogen-bond acceptors (Lipinski definition) is 4. The molecule has 1 N–H and O–H groups in total. The number of aromatic nitrogens is 2. The second kappa shape index (κ2) is 7.53. The van der Waals surface area contributed by atoms with Crippen molar-refractivity contribution in [1.82, 2.24) is 14.9 Å². The number of carbonyl (C=O) groups is 1. The van der Waals surface area contributed by atoms with Crippen molar-refractivity contribution < 1.29 is 9.90 Å². The van der Waals surface area contributed by atoms with E-state index in [9.17, 15) is 9.90 Å². The van der Waals surface area contributed by atoms with Gasteiger partial charge in [-0.25, -0.2) is 0 Å². The second-order valence-electron chi connectivity index (χ2n) is 6.22. The Morgan fingerprint density at radius 2 is 2.21 bits per heavy atom. The lowest BCUT2D eigenvalue weighted by atomic mass is 9.94. The van der Waals surface area contributed by atoms with Gasteiger partial charge in [0.1, 0.15) is 6.04 Å². The first-order valence-corrected chi connectivity index (χ1v) is 8.54. The summed E-state index contributed by atoms with van der Waals surface area (Å²) in [6.45, 7) is 2.86. The lowest BCUT2D eigenvalue weighted by Gasteiger charge is -2.39. The molecule has 2 aromatic heterocycles. The summed E-state index contributed by atoms with van der Waals surface area (Å²) < 4.78 is 0. The van der Waals surface area contributed by atoms with E-state index in [1.54, 1.807) is 6.20 Å². The highest BCUT2D eigenvalue weighted by atomic mass is 16.4. The average molecular weight is 325 g/mol. The standard InChI is InChI=1S/C19H23N3O2/c1-2-14-8-9-16(21-12-14)18(15-6-5-10-20-13-15)22-11-4-3-7-17(22)19(23)24/h5-6,8-10,12-13,17-18H,2-4,7,11H2,1H3,(H,23,24). The van der Waals surface area contributed by atoms with Gasteiger partial charge in [0.15, 0.2) is 0 Å². The molecule has 24 heavy (non-hydrogen) atoms. The molecule has 5 heteroatoms. The Morgan fingerprint density at radius 3 is 2.83 bits per heavy atom. The minimum absolute atomic E-state index is 0.175. The van der Waals surface area contributed by atoms with Gasteiger partial charge in [0.2, 0.25) is 0 Å². The van der Waals surface area contributed by atoms with Gasteiger partial charge < -0.3 is 5.11 Å². The minimum atomic E-state index is -0.756. The van der Waals surface area contributed by atoms with Crippen molar-refractivity contribution in [3.8, 4) is 0 Å². The Hall–Kier alpha value is -2.27. The van der Waals surface area contributed by atoms with E-state index in [2.05, 4.69) is 27.9 Å². The van der Waals surface area contributed by atoms with Gasteiger partial charge in [0, 0.05) is 18.6 Å². The maximum atomic E-state index is 11.8. The fourth-order valence-corrected chi connectivity index (χ4v) is 3.40. The van der Waals surface area contributed by atoms with E-state index in [1.165, 1.54) is 5.56 Å². The summed E-state index contributed by atoms with van der Waals surface area (Å²) in [5.74, 6) is -0.756. The van der Waals surface area contributed by atoms with Crippen LogP contribution >= 0.6 is 0 Å². The van der Waals surface area contributed by atoms with Crippen molar-refractivity contribution in [2.75, 3.05) is 6.54 Å². The third-order valence-electron chi connectivity index (χ3n) is 4.70. The number of nitrogens with zero attached hydrogens (tertiary/aromatic N) is 3. The first-order chi connectivity index (χ1) is 11.7. The fourth-order valence-electron chi connectivity index (χ4n) is 3.40. The van der Waals surface area contributed by atoms with Crippen LogP contribution in [0.3, 0.4) is 0 Å². The first-order valence-electron chi connectivity index (χ1n) is 8.54. The summed E-state index contributed by atoms with van der Waals surface area (Å²) >= 11 is 0. The van der Waals surface area contributed by atoms with Crippen LogP contribution in [0, 0.1) is 0 Å². The molecule has 3 rings (SSSR count). The molecule has 0 saturated carbocycles. The van der Waals surface area contributed by atoms with Crippen LogP contribution in [0.4, 0.5) is 0 Å². The third kappa shape index (κ3) is 3.46. The van der Waals surface area contributed by atoms with Crippen LogP contribution < -0.4 is 0 Å². The Labute approximate surface area is 142 Å². The zero-order chi connectivity index (χ0) is 16.9. The van der Waals surface area contributed by atoms with Crippen molar-refractivity contribution >= 4 is 5.97 Å². The smallest absolute Gasteiger partial charge is 0.320 e. The SMILES string of the molecule is CCc1ccc(C(c2cccnc2)N2CCCCC2C(=O)O)nc1. The Kier molecular flexibility index (Phi) is 5.20. The highest BCUT2D eigenvalue weighted by molar-refractivity contribution is 5.73. The second-order valence-corrected chi connectivity index (χ2v) is 6.22. The van der Waals surface area contributed by atoms with Gasteiger partial charge in [0.25, 0.3) is 0 Å². The molecule has 2 atom stereocenters. The molecule has 3 heterocycles. The van der Waals surface area contributed by atoms with Gasteiger partial charge >= 0.3 is 5.97 Å².